The van der Waals surface area contributed by atoms with Gasteiger partial charge in [-0.2, -0.15) is 4.98 Å². The molecule has 3 rings (SSSR count). The summed E-state index contributed by atoms with van der Waals surface area (Å²) in [6.45, 7) is 5.67. The minimum absolute atomic E-state index is 0.0636. The van der Waals surface area contributed by atoms with Crippen LogP contribution < -0.4 is 15.0 Å². The Morgan fingerprint density at radius 1 is 1.42 bits per heavy atom. The van der Waals surface area contributed by atoms with Crippen molar-refractivity contribution in [1.82, 2.24) is 25.4 Å². The Morgan fingerprint density at radius 2 is 2.27 bits per heavy atom. The molecule has 1 aliphatic rings. The maximum absolute atomic E-state index is 12.6. The summed E-state index contributed by atoms with van der Waals surface area (Å²) in [5.74, 6) is 2.62. The molecule has 0 aromatic carbocycles. The van der Waals surface area contributed by atoms with Crippen molar-refractivity contribution in [2.75, 3.05) is 30.4 Å². The number of nitrogens with zero attached hydrogens (tertiary/aromatic N) is 5. The van der Waals surface area contributed by atoms with E-state index in [0.29, 0.717) is 24.3 Å². The zero-order chi connectivity index (χ0) is 18.5. The molecule has 0 spiro atoms. The predicted octanol–water partition coefficient (Wildman–Crippen LogP) is 1.66. The van der Waals surface area contributed by atoms with Crippen LogP contribution in [0.3, 0.4) is 0 Å². The monoisotopic (exact) mass is 359 g/mol. The Balaban J connectivity index is 1.59. The third kappa shape index (κ3) is 4.47. The number of ether oxygens (including phenoxy) is 1. The van der Waals surface area contributed by atoms with Crippen LogP contribution in [0, 0.1) is 11.8 Å². The normalized spacial score (nSPS) is 17.4. The maximum Gasteiger partial charge on any atom is 0.248 e. The number of rotatable bonds is 6. The van der Waals surface area contributed by atoms with Gasteiger partial charge in [0.1, 0.15) is 5.82 Å². The van der Waals surface area contributed by atoms with Gasteiger partial charge in [0.2, 0.25) is 17.7 Å². The number of carbonyl (C=O) groups is 1. The molecule has 1 saturated heterocycles. The number of hydrogen-bond acceptors (Lipinski definition) is 7. The minimum Gasteiger partial charge on any atom is -0.480 e. The highest BCUT2D eigenvalue weighted by molar-refractivity contribution is 5.91. The van der Waals surface area contributed by atoms with Crippen LogP contribution >= 0.6 is 0 Å². The molecule has 0 saturated carbocycles. The van der Waals surface area contributed by atoms with E-state index < -0.39 is 0 Å². The molecule has 1 atom stereocenters. The van der Waals surface area contributed by atoms with Crippen molar-refractivity contribution < 1.29 is 9.53 Å². The standard InChI is InChI=1S/C17H25N7O2/c1-11(2)9-13-18-17(23-20-13)19-16(25)12-5-4-8-24(10-12)14-6-7-15(26-3)22-21-14/h6-7,11-12H,4-5,8-10H2,1-3H3,(H2,18,19,20,23,25)/t12-/m0/s1. The molecular weight excluding hydrogens is 334 g/mol. The number of nitrogens with one attached hydrogen (secondary N) is 2. The predicted molar refractivity (Wildman–Crippen MR) is 97.1 cm³/mol. The molecule has 9 nitrogen and oxygen atoms in total. The summed E-state index contributed by atoms with van der Waals surface area (Å²) < 4.78 is 5.04. The molecule has 0 aliphatic carbocycles. The number of anilines is 2. The molecule has 0 bridgehead atoms. The fraction of sp³-hybridized carbons (Fsp3) is 0.588. The molecule has 2 N–H and O–H groups in total. The van der Waals surface area contributed by atoms with Gasteiger partial charge in [-0.1, -0.05) is 13.8 Å². The zero-order valence-electron chi connectivity index (χ0n) is 15.4. The van der Waals surface area contributed by atoms with Gasteiger partial charge >= 0.3 is 0 Å². The van der Waals surface area contributed by atoms with E-state index in [4.69, 9.17) is 4.74 Å². The first-order chi connectivity index (χ1) is 12.5. The summed E-state index contributed by atoms with van der Waals surface area (Å²) in [5.41, 5.74) is 0. The Morgan fingerprint density at radius 3 is 2.96 bits per heavy atom. The van der Waals surface area contributed by atoms with Crippen molar-refractivity contribution in [2.45, 2.75) is 33.1 Å². The van der Waals surface area contributed by atoms with E-state index >= 15 is 0 Å². The molecule has 2 aromatic rings. The Bertz CT molecular complexity index is 729. The number of aromatic nitrogens is 5. The quantitative estimate of drug-likeness (QED) is 0.807. The molecule has 0 radical (unpaired) electrons. The third-order valence-electron chi connectivity index (χ3n) is 4.32. The first kappa shape index (κ1) is 18.1. The van der Waals surface area contributed by atoms with Crippen LogP contribution in [0.5, 0.6) is 5.88 Å². The number of hydrogen-bond donors (Lipinski definition) is 2. The van der Waals surface area contributed by atoms with Gasteiger partial charge < -0.3 is 9.64 Å². The van der Waals surface area contributed by atoms with Gasteiger partial charge in [-0.25, -0.2) is 0 Å². The molecule has 140 valence electrons. The topological polar surface area (TPSA) is 109 Å². The fourth-order valence-corrected chi connectivity index (χ4v) is 3.03. The number of aromatic amines is 1. The van der Waals surface area contributed by atoms with E-state index in [2.05, 4.69) is 49.4 Å². The number of carbonyl (C=O) groups excluding carboxylic acids is 1. The van der Waals surface area contributed by atoms with Crippen LogP contribution in [0.2, 0.25) is 0 Å². The van der Waals surface area contributed by atoms with Crippen LogP contribution in [-0.2, 0) is 11.2 Å². The van der Waals surface area contributed by atoms with Crippen molar-refractivity contribution >= 4 is 17.7 Å². The van der Waals surface area contributed by atoms with Crippen molar-refractivity contribution in [1.29, 1.82) is 0 Å². The molecule has 1 fully saturated rings. The molecule has 3 heterocycles. The number of amides is 1. The van der Waals surface area contributed by atoms with Gasteiger partial charge in [-0.15, -0.1) is 15.3 Å². The fourth-order valence-electron chi connectivity index (χ4n) is 3.03. The van der Waals surface area contributed by atoms with Gasteiger partial charge in [0, 0.05) is 25.6 Å². The van der Waals surface area contributed by atoms with Crippen LogP contribution in [0.25, 0.3) is 0 Å². The minimum atomic E-state index is -0.139. The average Bonchev–Trinajstić information content (AvgIpc) is 3.08. The summed E-state index contributed by atoms with van der Waals surface area (Å²) >= 11 is 0. The van der Waals surface area contributed by atoms with E-state index in [-0.39, 0.29) is 11.8 Å². The highest BCUT2D eigenvalue weighted by atomic mass is 16.5. The number of methoxy groups -OCH3 is 1. The highest BCUT2D eigenvalue weighted by Gasteiger charge is 2.27. The van der Waals surface area contributed by atoms with E-state index in [0.717, 1.165) is 37.4 Å². The van der Waals surface area contributed by atoms with Gasteiger partial charge in [0.25, 0.3) is 0 Å². The van der Waals surface area contributed by atoms with Gasteiger partial charge in [0.15, 0.2) is 5.82 Å². The molecule has 9 heteroatoms. The number of H-pyrrole nitrogens is 1. The second-order valence-electron chi connectivity index (χ2n) is 6.91. The second kappa shape index (κ2) is 8.11. The summed E-state index contributed by atoms with van der Waals surface area (Å²) in [5, 5.41) is 17.9. The first-order valence-electron chi connectivity index (χ1n) is 8.90. The maximum atomic E-state index is 12.6. The molecule has 2 aromatic heterocycles. The lowest BCUT2D eigenvalue weighted by Gasteiger charge is -2.32. The van der Waals surface area contributed by atoms with Crippen molar-refractivity contribution in [2.24, 2.45) is 11.8 Å². The molecular formula is C17H25N7O2. The molecule has 1 amide bonds. The van der Waals surface area contributed by atoms with Crippen LogP contribution in [-0.4, -0.2) is 51.5 Å². The lowest BCUT2D eigenvalue weighted by atomic mass is 9.97. The van der Waals surface area contributed by atoms with Gasteiger partial charge in [0.05, 0.1) is 13.0 Å². The van der Waals surface area contributed by atoms with Gasteiger partial charge in [-0.05, 0) is 24.8 Å². The highest BCUT2D eigenvalue weighted by Crippen LogP contribution is 2.23. The summed E-state index contributed by atoms with van der Waals surface area (Å²) in [6, 6.07) is 3.63. The summed E-state index contributed by atoms with van der Waals surface area (Å²) in [7, 11) is 1.56. The Labute approximate surface area is 152 Å². The first-order valence-corrected chi connectivity index (χ1v) is 8.90. The lowest BCUT2D eigenvalue weighted by Crippen LogP contribution is -2.41. The Hall–Kier alpha value is -2.71. The summed E-state index contributed by atoms with van der Waals surface area (Å²) in [6.07, 6.45) is 2.55. The SMILES string of the molecule is COc1ccc(N2CCC[C@H](C(=O)Nc3n[nH]c(CC(C)C)n3)C2)nn1. The van der Waals surface area contributed by atoms with Gasteiger partial charge in [-0.3, -0.25) is 15.2 Å². The summed E-state index contributed by atoms with van der Waals surface area (Å²) in [4.78, 5) is 19.0. The van der Waals surface area contributed by atoms with Crippen molar-refractivity contribution in [3.8, 4) is 5.88 Å². The molecule has 0 unspecified atom stereocenters. The van der Waals surface area contributed by atoms with E-state index in [1.54, 1.807) is 13.2 Å². The van der Waals surface area contributed by atoms with E-state index in [9.17, 15) is 4.79 Å². The third-order valence-corrected chi connectivity index (χ3v) is 4.32. The van der Waals surface area contributed by atoms with E-state index in [1.807, 2.05) is 6.07 Å². The number of piperidine rings is 1. The zero-order valence-corrected chi connectivity index (χ0v) is 15.4. The van der Waals surface area contributed by atoms with Crippen molar-refractivity contribution in [3.63, 3.8) is 0 Å². The van der Waals surface area contributed by atoms with Crippen molar-refractivity contribution in [3.05, 3.63) is 18.0 Å². The lowest BCUT2D eigenvalue weighted by molar-refractivity contribution is -0.120. The molecule has 26 heavy (non-hydrogen) atoms. The van der Waals surface area contributed by atoms with Crippen LogP contribution in [0.1, 0.15) is 32.5 Å². The van der Waals surface area contributed by atoms with E-state index in [1.165, 1.54) is 0 Å². The molecule has 1 aliphatic heterocycles. The average molecular weight is 359 g/mol. The smallest absolute Gasteiger partial charge is 0.248 e. The van der Waals surface area contributed by atoms with Crippen LogP contribution in [0.4, 0.5) is 11.8 Å². The van der Waals surface area contributed by atoms with Crippen LogP contribution in [0.15, 0.2) is 12.1 Å². The second-order valence-corrected chi connectivity index (χ2v) is 6.91. The largest absolute Gasteiger partial charge is 0.480 e. The Kier molecular flexibility index (Phi) is 5.65.